The summed E-state index contributed by atoms with van der Waals surface area (Å²) in [5.74, 6) is 0.678. The fourth-order valence-corrected chi connectivity index (χ4v) is 2.06. The molecule has 0 saturated carbocycles. The van der Waals surface area contributed by atoms with Crippen molar-refractivity contribution in [1.82, 2.24) is 10.2 Å². The summed E-state index contributed by atoms with van der Waals surface area (Å²) in [5.41, 5.74) is 0. The van der Waals surface area contributed by atoms with E-state index in [4.69, 9.17) is 4.74 Å². The SMILES string of the molecule is CCOC(=O)CNCCC1CCN(C)CC1. The lowest BCUT2D eigenvalue weighted by atomic mass is 9.94. The Kier molecular flexibility index (Phi) is 6.42. The second-order valence-electron chi connectivity index (χ2n) is 4.52. The number of rotatable bonds is 6. The van der Waals surface area contributed by atoms with Crippen LogP contribution in [0.1, 0.15) is 26.2 Å². The molecule has 1 heterocycles. The Morgan fingerprint density at radius 1 is 1.44 bits per heavy atom. The van der Waals surface area contributed by atoms with Crippen molar-refractivity contribution < 1.29 is 9.53 Å². The molecule has 1 fully saturated rings. The number of hydrogen-bond donors (Lipinski definition) is 1. The summed E-state index contributed by atoms with van der Waals surface area (Å²) in [5, 5.41) is 3.14. The van der Waals surface area contributed by atoms with Crippen LogP contribution in [0.3, 0.4) is 0 Å². The number of piperidine rings is 1. The van der Waals surface area contributed by atoms with Crippen LogP contribution in [0.15, 0.2) is 0 Å². The van der Waals surface area contributed by atoms with E-state index in [9.17, 15) is 4.79 Å². The summed E-state index contributed by atoms with van der Waals surface area (Å²) in [7, 11) is 2.18. The maximum atomic E-state index is 11.0. The Morgan fingerprint density at radius 2 is 2.12 bits per heavy atom. The molecular weight excluding hydrogens is 204 g/mol. The number of hydrogen-bond acceptors (Lipinski definition) is 4. The zero-order valence-corrected chi connectivity index (χ0v) is 10.5. The number of nitrogens with one attached hydrogen (secondary N) is 1. The first-order valence-electron chi connectivity index (χ1n) is 6.27. The zero-order chi connectivity index (χ0) is 11.8. The predicted molar refractivity (Wildman–Crippen MR) is 64.3 cm³/mol. The van der Waals surface area contributed by atoms with Crippen molar-refractivity contribution in [1.29, 1.82) is 0 Å². The van der Waals surface area contributed by atoms with Crippen LogP contribution in [0.25, 0.3) is 0 Å². The molecule has 1 rings (SSSR count). The molecule has 0 aliphatic carbocycles. The topological polar surface area (TPSA) is 41.6 Å². The van der Waals surface area contributed by atoms with Crippen molar-refractivity contribution in [3.8, 4) is 0 Å². The van der Waals surface area contributed by atoms with Crippen LogP contribution >= 0.6 is 0 Å². The van der Waals surface area contributed by atoms with E-state index in [1.807, 2.05) is 6.92 Å². The van der Waals surface area contributed by atoms with Gasteiger partial charge in [-0.05, 0) is 58.8 Å². The summed E-state index contributed by atoms with van der Waals surface area (Å²) < 4.78 is 4.84. The molecule has 0 aromatic rings. The monoisotopic (exact) mass is 228 g/mol. The highest BCUT2D eigenvalue weighted by molar-refractivity contribution is 5.71. The number of nitrogens with zero attached hydrogens (tertiary/aromatic N) is 1. The second-order valence-corrected chi connectivity index (χ2v) is 4.52. The van der Waals surface area contributed by atoms with Crippen molar-refractivity contribution in [2.45, 2.75) is 26.2 Å². The molecule has 0 aromatic carbocycles. The Morgan fingerprint density at radius 3 is 2.75 bits per heavy atom. The molecule has 4 nitrogen and oxygen atoms in total. The summed E-state index contributed by atoms with van der Waals surface area (Å²) in [4.78, 5) is 13.4. The lowest BCUT2D eigenvalue weighted by Gasteiger charge is -2.28. The van der Waals surface area contributed by atoms with Gasteiger partial charge < -0.3 is 15.0 Å². The molecule has 0 unspecified atom stereocenters. The van der Waals surface area contributed by atoms with Crippen LogP contribution in [-0.4, -0.2) is 50.7 Å². The van der Waals surface area contributed by atoms with Crippen LogP contribution in [0.2, 0.25) is 0 Å². The van der Waals surface area contributed by atoms with Crippen molar-refractivity contribution in [3.63, 3.8) is 0 Å². The third kappa shape index (κ3) is 5.47. The molecule has 94 valence electrons. The lowest BCUT2D eigenvalue weighted by molar-refractivity contribution is -0.142. The van der Waals surface area contributed by atoms with Gasteiger partial charge in [0.1, 0.15) is 0 Å². The lowest BCUT2D eigenvalue weighted by Crippen LogP contribution is -2.32. The first-order valence-corrected chi connectivity index (χ1v) is 6.27. The molecular formula is C12H24N2O2. The molecule has 1 N–H and O–H groups in total. The van der Waals surface area contributed by atoms with Gasteiger partial charge in [0.15, 0.2) is 0 Å². The predicted octanol–water partition coefficient (Wildman–Crippen LogP) is 0.871. The Labute approximate surface area is 98.3 Å². The minimum Gasteiger partial charge on any atom is -0.465 e. The van der Waals surface area contributed by atoms with E-state index in [0.717, 1.165) is 12.5 Å². The Bertz CT molecular complexity index is 201. The molecule has 16 heavy (non-hydrogen) atoms. The average Bonchev–Trinajstić information content (AvgIpc) is 2.27. The van der Waals surface area contributed by atoms with Gasteiger partial charge in [0.05, 0.1) is 13.2 Å². The fraction of sp³-hybridized carbons (Fsp3) is 0.917. The molecule has 0 amide bonds. The summed E-state index contributed by atoms with van der Waals surface area (Å²) in [6.45, 7) is 5.99. The smallest absolute Gasteiger partial charge is 0.319 e. The summed E-state index contributed by atoms with van der Waals surface area (Å²) in [6.07, 6.45) is 3.75. The van der Waals surface area contributed by atoms with E-state index in [1.165, 1.54) is 32.4 Å². The molecule has 0 bridgehead atoms. The van der Waals surface area contributed by atoms with Gasteiger partial charge in [-0.3, -0.25) is 4.79 Å². The minimum atomic E-state index is -0.147. The molecule has 1 saturated heterocycles. The first-order chi connectivity index (χ1) is 7.72. The van der Waals surface area contributed by atoms with Crippen molar-refractivity contribution in [2.24, 2.45) is 5.92 Å². The summed E-state index contributed by atoms with van der Waals surface area (Å²) >= 11 is 0. The van der Waals surface area contributed by atoms with E-state index < -0.39 is 0 Å². The third-order valence-electron chi connectivity index (χ3n) is 3.14. The van der Waals surface area contributed by atoms with Gasteiger partial charge in [-0.2, -0.15) is 0 Å². The van der Waals surface area contributed by atoms with Gasteiger partial charge >= 0.3 is 5.97 Å². The fourth-order valence-electron chi connectivity index (χ4n) is 2.06. The largest absolute Gasteiger partial charge is 0.465 e. The van der Waals surface area contributed by atoms with Gasteiger partial charge in [-0.15, -0.1) is 0 Å². The maximum absolute atomic E-state index is 11.0. The highest BCUT2D eigenvalue weighted by Crippen LogP contribution is 2.18. The molecule has 4 heteroatoms. The van der Waals surface area contributed by atoms with Gasteiger partial charge in [0, 0.05) is 0 Å². The van der Waals surface area contributed by atoms with E-state index in [1.54, 1.807) is 0 Å². The van der Waals surface area contributed by atoms with Gasteiger partial charge in [0.2, 0.25) is 0 Å². The molecule has 1 aliphatic rings. The molecule has 0 spiro atoms. The van der Waals surface area contributed by atoms with Crippen molar-refractivity contribution >= 4 is 5.97 Å². The normalized spacial score (nSPS) is 18.6. The number of carbonyl (C=O) groups is 1. The zero-order valence-electron chi connectivity index (χ0n) is 10.5. The standard InChI is InChI=1S/C12H24N2O2/c1-3-16-12(15)10-13-7-4-11-5-8-14(2)9-6-11/h11,13H,3-10H2,1-2H3. The quantitative estimate of drug-likeness (QED) is 0.541. The third-order valence-corrected chi connectivity index (χ3v) is 3.14. The number of likely N-dealkylation sites (tertiary alicyclic amines) is 1. The highest BCUT2D eigenvalue weighted by Gasteiger charge is 2.15. The van der Waals surface area contributed by atoms with Crippen molar-refractivity contribution in [2.75, 3.05) is 39.8 Å². The van der Waals surface area contributed by atoms with E-state index in [2.05, 4.69) is 17.3 Å². The van der Waals surface area contributed by atoms with Crippen LogP contribution in [0.4, 0.5) is 0 Å². The first kappa shape index (κ1) is 13.5. The maximum Gasteiger partial charge on any atom is 0.319 e. The van der Waals surface area contributed by atoms with Crippen LogP contribution in [0.5, 0.6) is 0 Å². The van der Waals surface area contributed by atoms with Crippen LogP contribution in [-0.2, 0) is 9.53 Å². The Balaban J connectivity index is 1.97. The summed E-state index contributed by atoms with van der Waals surface area (Å²) in [6, 6.07) is 0. The minimum absolute atomic E-state index is 0.147. The van der Waals surface area contributed by atoms with Gasteiger partial charge in [-0.1, -0.05) is 0 Å². The van der Waals surface area contributed by atoms with Crippen molar-refractivity contribution in [3.05, 3.63) is 0 Å². The van der Waals surface area contributed by atoms with E-state index in [0.29, 0.717) is 13.2 Å². The van der Waals surface area contributed by atoms with Gasteiger partial charge in [-0.25, -0.2) is 0 Å². The molecule has 0 atom stereocenters. The number of ether oxygens (including phenoxy) is 1. The van der Waals surface area contributed by atoms with E-state index >= 15 is 0 Å². The number of carbonyl (C=O) groups excluding carboxylic acids is 1. The number of esters is 1. The average molecular weight is 228 g/mol. The second kappa shape index (κ2) is 7.63. The highest BCUT2D eigenvalue weighted by atomic mass is 16.5. The molecule has 0 radical (unpaired) electrons. The van der Waals surface area contributed by atoms with Crippen LogP contribution < -0.4 is 5.32 Å². The molecule has 0 aromatic heterocycles. The molecule has 1 aliphatic heterocycles. The van der Waals surface area contributed by atoms with E-state index in [-0.39, 0.29) is 5.97 Å². The van der Waals surface area contributed by atoms with Crippen LogP contribution in [0, 0.1) is 5.92 Å². The van der Waals surface area contributed by atoms with Gasteiger partial charge in [0.25, 0.3) is 0 Å². The Hall–Kier alpha value is -0.610.